The fraction of sp³-hybridized carbons (Fsp3) is 0.0952. The largest absolute Gasteiger partial charge is 0.467 e. The summed E-state index contributed by atoms with van der Waals surface area (Å²) in [7, 11) is 0. The smallest absolute Gasteiger partial charge is 0.276 e. The number of carbonyl (C=O) groups excluding carboxylic acids is 2. The molecule has 140 valence electrons. The van der Waals surface area contributed by atoms with Gasteiger partial charge >= 0.3 is 0 Å². The molecular formula is C21H17N3O3S. The van der Waals surface area contributed by atoms with Gasteiger partial charge in [0.05, 0.1) is 17.5 Å². The van der Waals surface area contributed by atoms with Gasteiger partial charge in [-0.3, -0.25) is 9.59 Å². The van der Waals surface area contributed by atoms with Crippen LogP contribution >= 0.6 is 11.5 Å². The Kier molecular flexibility index (Phi) is 4.90. The maximum absolute atomic E-state index is 12.7. The summed E-state index contributed by atoms with van der Waals surface area (Å²) in [5.41, 5.74) is 2.27. The minimum atomic E-state index is -0.298. The second-order valence-corrected chi connectivity index (χ2v) is 7.08. The van der Waals surface area contributed by atoms with Crippen molar-refractivity contribution in [3.63, 3.8) is 0 Å². The fourth-order valence-electron chi connectivity index (χ4n) is 2.81. The van der Waals surface area contributed by atoms with E-state index in [9.17, 15) is 9.59 Å². The highest BCUT2D eigenvalue weighted by Gasteiger charge is 2.16. The Labute approximate surface area is 165 Å². The summed E-state index contributed by atoms with van der Waals surface area (Å²) in [5.74, 6) is 0.129. The number of anilines is 1. The number of fused-ring (bicyclic) bond motifs is 1. The summed E-state index contributed by atoms with van der Waals surface area (Å²) in [4.78, 5) is 25.1. The highest BCUT2D eigenvalue weighted by molar-refractivity contribution is 7.13. The van der Waals surface area contributed by atoms with E-state index in [2.05, 4.69) is 15.0 Å². The summed E-state index contributed by atoms with van der Waals surface area (Å²) in [5, 5.41) is 6.49. The van der Waals surface area contributed by atoms with Crippen molar-refractivity contribution in [1.82, 2.24) is 9.69 Å². The van der Waals surface area contributed by atoms with E-state index in [4.69, 9.17) is 4.42 Å². The Hall–Kier alpha value is -3.45. The van der Waals surface area contributed by atoms with Crippen LogP contribution in [0.25, 0.3) is 10.1 Å². The Bertz CT molecular complexity index is 1150. The number of hydrogen-bond donors (Lipinski definition) is 2. The molecule has 0 unspecified atom stereocenters. The minimum Gasteiger partial charge on any atom is -0.467 e. The topological polar surface area (TPSA) is 84.2 Å². The number of aromatic nitrogens is 1. The van der Waals surface area contributed by atoms with Gasteiger partial charge in [-0.15, -0.1) is 0 Å². The van der Waals surface area contributed by atoms with E-state index in [1.165, 1.54) is 11.5 Å². The zero-order valence-corrected chi connectivity index (χ0v) is 15.9. The third-order valence-corrected chi connectivity index (χ3v) is 5.17. The molecule has 6 nitrogen and oxygen atoms in total. The normalized spacial score (nSPS) is 10.8. The predicted octanol–water partition coefficient (Wildman–Crippen LogP) is 4.38. The molecule has 0 bridgehead atoms. The lowest BCUT2D eigenvalue weighted by molar-refractivity contribution is 0.0946. The average Bonchev–Trinajstić information content (AvgIpc) is 3.37. The van der Waals surface area contributed by atoms with Crippen LogP contribution < -0.4 is 10.6 Å². The molecule has 0 fully saturated rings. The molecule has 4 rings (SSSR count). The number of rotatable bonds is 5. The Morgan fingerprint density at radius 2 is 1.93 bits per heavy atom. The third-order valence-electron chi connectivity index (χ3n) is 4.34. The Morgan fingerprint density at radius 3 is 2.75 bits per heavy atom. The van der Waals surface area contributed by atoms with Gasteiger partial charge in [-0.1, -0.05) is 24.3 Å². The number of amides is 2. The molecule has 0 aliphatic heterocycles. The molecule has 2 aromatic carbocycles. The second-order valence-electron chi connectivity index (χ2n) is 6.27. The number of carbonyl (C=O) groups is 2. The first kappa shape index (κ1) is 17.9. The van der Waals surface area contributed by atoms with Gasteiger partial charge in [0.15, 0.2) is 0 Å². The van der Waals surface area contributed by atoms with E-state index in [1.807, 2.05) is 31.2 Å². The van der Waals surface area contributed by atoms with Crippen molar-refractivity contribution in [2.75, 3.05) is 5.32 Å². The van der Waals surface area contributed by atoms with Crippen molar-refractivity contribution in [3.05, 3.63) is 83.4 Å². The van der Waals surface area contributed by atoms with E-state index < -0.39 is 0 Å². The molecular weight excluding hydrogens is 374 g/mol. The van der Waals surface area contributed by atoms with Gasteiger partial charge in [-0.2, -0.15) is 4.37 Å². The third kappa shape index (κ3) is 3.65. The number of aryl methyl sites for hydroxylation is 1. The van der Waals surface area contributed by atoms with Crippen molar-refractivity contribution in [2.45, 2.75) is 13.5 Å². The molecule has 0 aliphatic rings. The highest BCUT2D eigenvalue weighted by Crippen LogP contribution is 2.24. The molecule has 2 N–H and O–H groups in total. The molecule has 0 spiro atoms. The molecule has 0 saturated heterocycles. The van der Waals surface area contributed by atoms with Crippen LogP contribution in [0.4, 0.5) is 5.69 Å². The molecule has 0 saturated carbocycles. The molecule has 0 aliphatic carbocycles. The van der Waals surface area contributed by atoms with Crippen molar-refractivity contribution in [2.24, 2.45) is 0 Å². The van der Waals surface area contributed by atoms with Gasteiger partial charge in [0, 0.05) is 16.6 Å². The zero-order chi connectivity index (χ0) is 19.5. The summed E-state index contributed by atoms with van der Waals surface area (Å²) >= 11 is 1.29. The molecule has 2 amide bonds. The van der Waals surface area contributed by atoms with E-state index in [0.29, 0.717) is 29.2 Å². The summed E-state index contributed by atoms with van der Waals surface area (Å²) in [6.45, 7) is 2.17. The quantitative estimate of drug-likeness (QED) is 0.529. The van der Waals surface area contributed by atoms with Crippen molar-refractivity contribution >= 4 is 39.1 Å². The molecule has 2 aromatic heterocycles. The van der Waals surface area contributed by atoms with Gasteiger partial charge < -0.3 is 15.1 Å². The van der Waals surface area contributed by atoms with Crippen molar-refractivity contribution in [3.8, 4) is 0 Å². The average molecular weight is 391 g/mol. The van der Waals surface area contributed by atoms with Crippen LogP contribution in [0.2, 0.25) is 0 Å². The number of benzene rings is 2. The van der Waals surface area contributed by atoms with Gasteiger partial charge in [0.2, 0.25) is 0 Å². The minimum absolute atomic E-state index is 0.244. The van der Waals surface area contributed by atoms with Crippen molar-refractivity contribution in [1.29, 1.82) is 0 Å². The van der Waals surface area contributed by atoms with E-state index in [-0.39, 0.29) is 11.8 Å². The first-order valence-corrected chi connectivity index (χ1v) is 9.46. The van der Waals surface area contributed by atoms with Crippen LogP contribution in [-0.2, 0) is 6.54 Å². The van der Waals surface area contributed by atoms with Crippen LogP contribution in [-0.4, -0.2) is 16.2 Å². The van der Waals surface area contributed by atoms with Gasteiger partial charge in [-0.25, -0.2) is 0 Å². The number of hydrogen-bond acceptors (Lipinski definition) is 5. The highest BCUT2D eigenvalue weighted by atomic mass is 32.1. The summed E-state index contributed by atoms with van der Waals surface area (Å²) in [6, 6.07) is 16.3. The van der Waals surface area contributed by atoms with Crippen LogP contribution in [0.5, 0.6) is 0 Å². The van der Waals surface area contributed by atoms with Gasteiger partial charge in [0.25, 0.3) is 11.8 Å². The SMILES string of the molecule is Cc1ccc(C(=O)NCc2ccco2)cc1NC(=O)c1nsc2ccccc12. The first-order chi connectivity index (χ1) is 13.6. The lowest BCUT2D eigenvalue weighted by Crippen LogP contribution is -2.23. The second kappa shape index (κ2) is 7.66. The lowest BCUT2D eigenvalue weighted by Gasteiger charge is -2.10. The molecule has 4 aromatic rings. The first-order valence-electron chi connectivity index (χ1n) is 8.69. The Morgan fingerprint density at radius 1 is 1.07 bits per heavy atom. The van der Waals surface area contributed by atoms with Crippen LogP contribution in [0.15, 0.2) is 65.3 Å². The number of nitrogens with zero attached hydrogens (tertiary/aromatic N) is 1. The molecule has 0 atom stereocenters. The zero-order valence-electron chi connectivity index (χ0n) is 15.1. The summed E-state index contributed by atoms with van der Waals surface area (Å²) in [6.07, 6.45) is 1.56. The van der Waals surface area contributed by atoms with Gasteiger partial charge in [-0.05, 0) is 54.4 Å². The molecule has 28 heavy (non-hydrogen) atoms. The van der Waals surface area contributed by atoms with E-state index in [0.717, 1.165) is 15.6 Å². The van der Waals surface area contributed by atoms with Crippen LogP contribution in [0.1, 0.15) is 32.2 Å². The number of nitrogens with one attached hydrogen (secondary N) is 2. The lowest BCUT2D eigenvalue weighted by atomic mass is 10.1. The fourth-order valence-corrected chi connectivity index (χ4v) is 3.59. The maximum Gasteiger partial charge on any atom is 0.276 e. The van der Waals surface area contributed by atoms with Crippen LogP contribution in [0, 0.1) is 6.92 Å². The molecule has 0 radical (unpaired) electrons. The predicted molar refractivity (Wildman–Crippen MR) is 109 cm³/mol. The standard InChI is InChI=1S/C21H17N3O3S/c1-13-8-9-14(20(25)22-12-15-5-4-10-27-15)11-17(13)23-21(26)19-16-6-2-3-7-18(16)28-24-19/h2-11H,12H2,1H3,(H,22,25)(H,23,26). The van der Waals surface area contributed by atoms with E-state index >= 15 is 0 Å². The monoisotopic (exact) mass is 391 g/mol. The summed E-state index contributed by atoms with van der Waals surface area (Å²) < 4.78 is 10.4. The van der Waals surface area contributed by atoms with Gasteiger partial charge in [0.1, 0.15) is 11.5 Å². The molecule has 7 heteroatoms. The van der Waals surface area contributed by atoms with Crippen molar-refractivity contribution < 1.29 is 14.0 Å². The Balaban J connectivity index is 1.52. The molecule has 2 heterocycles. The maximum atomic E-state index is 12.7. The van der Waals surface area contributed by atoms with Crippen LogP contribution in [0.3, 0.4) is 0 Å². The van der Waals surface area contributed by atoms with E-state index in [1.54, 1.807) is 36.6 Å². The number of furan rings is 1.